The van der Waals surface area contributed by atoms with E-state index in [1.807, 2.05) is 0 Å². The van der Waals surface area contributed by atoms with Crippen molar-refractivity contribution in [3.05, 3.63) is 11.1 Å². The zero-order chi connectivity index (χ0) is 9.60. The summed E-state index contributed by atoms with van der Waals surface area (Å²) >= 11 is 1.58. The quantitative estimate of drug-likeness (QED) is 0.761. The van der Waals surface area contributed by atoms with Crippen LogP contribution in [0, 0.1) is 0 Å². The highest BCUT2D eigenvalue weighted by Gasteiger charge is 2.43. The van der Waals surface area contributed by atoms with Crippen LogP contribution >= 0.6 is 11.3 Å². The Kier molecular flexibility index (Phi) is 1.82. The van der Waals surface area contributed by atoms with Crippen LogP contribution in [0.3, 0.4) is 0 Å². The molecule has 4 heteroatoms. The van der Waals surface area contributed by atoms with Crippen LogP contribution in [0.25, 0.3) is 0 Å². The molecule has 2 atom stereocenters. The minimum Gasteiger partial charge on any atom is -0.375 e. The lowest BCUT2D eigenvalue weighted by Gasteiger charge is -2.32. The molecule has 14 heavy (non-hydrogen) atoms. The van der Waals surface area contributed by atoms with E-state index in [0.29, 0.717) is 5.41 Å². The molecule has 3 heterocycles. The summed E-state index contributed by atoms with van der Waals surface area (Å²) in [6.07, 6.45) is 3.89. The van der Waals surface area contributed by atoms with Gasteiger partial charge in [0.15, 0.2) is 5.13 Å². The van der Waals surface area contributed by atoms with Crippen molar-refractivity contribution in [3.63, 3.8) is 0 Å². The molecule has 2 saturated heterocycles. The standard InChI is InChI=1S/C10H15N3S/c11-9-12-8(6-14-9)10-2-1-4-13(7-10)5-3-10/h6H,1-5,7H2,(H2,11,12). The summed E-state index contributed by atoms with van der Waals surface area (Å²) in [7, 11) is 0. The van der Waals surface area contributed by atoms with E-state index in [0.717, 1.165) is 5.13 Å². The molecule has 3 nitrogen and oxygen atoms in total. The average molecular weight is 209 g/mol. The van der Waals surface area contributed by atoms with Crippen LogP contribution in [-0.2, 0) is 5.41 Å². The number of fused-ring (bicyclic) bond motifs is 2. The van der Waals surface area contributed by atoms with Gasteiger partial charge in [0.05, 0.1) is 5.69 Å². The maximum atomic E-state index is 5.71. The van der Waals surface area contributed by atoms with Crippen molar-refractivity contribution in [2.24, 2.45) is 0 Å². The van der Waals surface area contributed by atoms with E-state index in [2.05, 4.69) is 15.3 Å². The number of nitrogens with two attached hydrogens (primary N) is 1. The first-order valence-electron chi connectivity index (χ1n) is 5.22. The third kappa shape index (κ3) is 1.17. The van der Waals surface area contributed by atoms with Crippen molar-refractivity contribution in [1.82, 2.24) is 9.88 Å². The summed E-state index contributed by atoms with van der Waals surface area (Å²) in [5, 5.41) is 2.88. The third-order valence-corrected chi connectivity index (χ3v) is 4.30. The molecule has 0 amide bonds. The number of thiazole rings is 1. The van der Waals surface area contributed by atoms with Gasteiger partial charge < -0.3 is 10.6 Å². The van der Waals surface area contributed by atoms with Crippen molar-refractivity contribution < 1.29 is 0 Å². The van der Waals surface area contributed by atoms with Crippen molar-refractivity contribution in [2.75, 3.05) is 25.4 Å². The fourth-order valence-electron chi connectivity index (χ4n) is 2.86. The van der Waals surface area contributed by atoms with Gasteiger partial charge in [0.25, 0.3) is 0 Å². The normalized spacial score (nSPS) is 36.1. The molecule has 76 valence electrons. The Balaban J connectivity index is 1.96. The minimum atomic E-state index is 0.354. The average Bonchev–Trinajstić information content (AvgIpc) is 2.73. The highest BCUT2D eigenvalue weighted by molar-refractivity contribution is 7.13. The van der Waals surface area contributed by atoms with Gasteiger partial charge in [-0.25, -0.2) is 4.98 Å². The first-order chi connectivity index (χ1) is 6.78. The maximum Gasteiger partial charge on any atom is 0.180 e. The molecule has 2 unspecified atom stereocenters. The summed E-state index contributed by atoms with van der Waals surface area (Å²) in [6.45, 7) is 3.73. The zero-order valence-corrected chi connectivity index (χ0v) is 9.02. The smallest absolute Gasteiger partial charge is 0.180 e. The van der Waals surface area contributed by atoms with Gasteiger partial charge in [-0.15, -0.1) is 11.3 Å². The van der Waals surface area contributed by atoms with Gasteiger partial charge in [0, 0.05) is 17.3 Å². The molecule has 2 bridgehead atoms. The second kappa shape index (κ2) is 2.94. The van der Waals surface area contributed by atoms with Gasteiger partial charge in [-0.3, -0.25) is 0 Å². The van der Waals surface area contributed by atoms with E-state index in [4.69, 9.17) is 5.73 Å². The molecule has 0 radical (unpaired) electrons. The van der Waals surface area contributed by atoms with Gasteiger partial charge in [-0.2, -0.15) is 0 Å². The molecule has 0 aliphatic carbocycles. The van der Waals surface area contributed by atoms with E-state index in [9.17, 15) is 0 Å². The maximum absolute atomic E-state index is 5.71. The van der Waals surface area contributed by atoms with E-state index in [1.165, 1.54) is 44.6 Å². The number of piperidine rings is 1. The molecule has 2 aliphatic rings. The van der Waals surface area contributed by atoms with Crippen molar-refractivity contribution >= 4 is 16.5 Å². The van der Waals surface area contributed by atoms with Gasteiger partial charge >= 0.3 is 0 Å². The Bertz CT molecular complexity index is 345. The molecule has 2 fully saturated rings. The Labute approximate surface area is 87.9 Å². The highest BCUT2D eigenvalue weighted by Crippen LogP contribution is 2.42. The molecule has 0 saturated carbocycles. The number of nitrogen functional groups attached to an aromatic ring is 1. The summed E-state index contributed by atoms with van der Waals surface area (Å²) < 4.78 is 0. The van der Waals surface area contributed by atoms with E-state index < -0.39 is 0 Å². The molecule has 2 N–H and O–H groups in total. The fraction of sp³-hybridized carbons (Fsp3) is 0.700. The second-order valence-electron chi connectivity index (χ2n) is 4.48. The topological polar surface area (TPSA) is 42.1 Å². The van der Waals surface area contributed by atoms with Crippen molar-refractivity contribution in [3.8, 4) is 0 Å². The summed E-state index contributed by atoms with van der Waals surface area (Å²) in [5.74, 6) is 0. The Morgan fingerprint density at radius 1 is 1.43 bits per heavy atom. The zero-order valence-electron chi connectivity index (χ0n) is 8.20. The lowest BCUT2D eigenvalue weighted by Crippen LogP contribution is -2.37. The van der Waals surface area contributed by atoms with Crippen LogP contribution in [-0.4, -0.2) is 29.5 Å². The van der Waals surface area contributed by atoms with Gasteiger partial charge in [0.2, 0.25) is 0 Å². The predicted octanol–water partition coefficient (Wildman–Crippen LogP) is 1.46. The summed E-state index contributed by atoms with van der Waals surface area (Å²) in [6, 6.07) is 0. The van der Waals surface area contributed by atoms with Crippen molar-refractivity contribution in [1.29, 1.82) is 0 Å². The minimum absolute atomic E-state index is 0.354. The fourth-order valence-corrected chi connectivity index (χ4v) is 3.55. The molecule has 3 rings (SSSR count). The number of aromatic nitrogens is 1. The Morgan fingerprint density at radius 3 is 3.14 bits per heavy atom. The van der Waals surface area contributed by atoms with Crippen molar-refractivity contribution in [2.45, 2.75) is 24.7 Å². The number of nitrogens with zero attached hydrogens (tertiary/aromatic N) is 2. The molecular weight excluding hydrogens is 194 g/mol. The molecule has 1 aromatic heterocycles. The number of anilines is 1. The second-order valence-corrected chi connectivity index (χ2v) is 5.37. The van der Waals surface area contributed by atoms with E-state index >= 15 is 0 Å². The summed E-state index contributed by atoms with van der Waals surface area (Å²) in [5.41, 5.74) is 7.31. The molecular formula is C10H15N3S. The molecule has 2 aliphatic heterocycles. The van der Waals surface area contributed by atoms with Crippen LogP contribution in [0.1, 0.15) is 25.0 Å². The van der Waals surface area contributed by atoms with Crippen LogP contribution in [0.4, 0.5) is 5.13 Å². The largest absolute Gasteiger partial charge is 0.375 e. The Morgan fingerprint density at radius 2 is 2.36 bits per heavy atom. The SMILES string of the molecule is Nc1nc(C23CCCN(CC2)C3)cs1. The highest BCUT2D eigenvalue weighted by atomic mass is 32.1. The Hall–Kier alpha value is -0.610. The molecule has 0 aromatic carbocycles. The van der Waals surface area contributed by atoms with Gasteiger partial charge in [-0.1, -0.05) is 0 Å². The first kappa shape index (κ1) is 8.68. The number of hydrogen-bond donors (Lipinski definition) is 1. The predicted molar refractivity (Wildman–Crippen MR) is 58.5 cm³/mol. The summed E-state index contributed by atoms with van der Waals surface area (Å²) in [4.78, 5) is 7.03. The van der Waals surface area contributed by atoms with Gasteiger partial charge in [-0.05, 0) is 32.4 Å². The van der Waals surface area contributed by atoms with Crippen LogP contribution in [0.2, 0.25) is 0 Å². The van der Waals surface area contributed by atoms with Crippen LogP contribution in [0.15, 0.2) is 5.38 Å². The monoisotopic (exact) mass is 209 g/mol. The number of hydrogen-bond acceptors (Lipinski definition) is 4. The lowest BCUT2D eigenvalue weighted by molar-refractivity contribution is 0.240. The molecule has 0 spiro atoms. The molecule has 1 aromatic rings. The first-order valence-corrected chi connectivity index (χ1v) is 6.10. The van der Waals surface area contributed by atoms with E-state index in [-0.39, 0.29) is 0 Å². The van der Waals surface area contributed by atoms with Crippen LogP contribution in [0.5, 0.6) is 0 Å². The van der Waals surface area contributed by atoms with Crippen LogP contribution < -0.4 is 5.73 Å². The number of rotatable bonds is 1. The third-order valence-electron chi connectivity index (χ3n) is 3.63. The lowest BCUT2D eigenvalue weighted by atomic mass is 9.78. The van der Waals surface area contributed by atoms with E-state index in [1.54, 1.807) is 11.3 Å². The van der Waals surface area contributed by atoms with Gasteiger partial charge in [0.1, 0.15) is 0 Å².